The van der Waals surface area contributed by atoms with Crippen molar-refractivity contribution < 1.29 is 8.81 Å². The fourth-order valence-electron chi connectivity index (χ4n) is 8.79. The van der Waals surface area contributed by atoms with Gasteiger partial charge in [0.2, 0.25) is 5.95 Å². The summed E-state index contributed by atoms with van der Waals surface area (Å²) in [4.78, 5) is 10.6. The zero-order valence-corrected chi connectivity index (χ0v) is 31.0. The molecular formula is C52H31FN4O. The lowest BCUT2D eigenvalue weighted by Crippen LogP contribution is -2.04. The van der Waals surface area contributed by atoms with Gasteiger partial charge in [0.25, 0.3) is 0 Å². The molecule has 58 heavy (non-hydrogen) atoms. The van der Waals surface area contributed by atoms with Gasteiger partial charge in [0.1, 0.15) is 5.58 Å². The average molecular weight is 747 g/mol. The Bertz CT molecular complexity index is 3580. The fraction of sp³-hybridized carbons (Fsp3) is 0. The molecule has 0 unspecified atom stereocenters. The van der Waals surface area contributed by atoms with Gasteiger partial charge in [-0.05, 0) is 71.8 Å². The van der Waals surface area contributed by atoms with E-state index in [4.69, 9.17) is 14.4 Å². The standard InChI is InChI=1S/C52H31FN4O/c53-43-22-12-20-40-39-19-11-21-41(50(39)58-51(40)43)45-31-44(32-13-3-1-4-14-32)54-52(55-45)57-47-24-10-7-17-36(47)38-27-25-34(30-49(38)57)33-26-28-48-42(29-33)37-18-8-9-23-46(37)56(48)35-15-5-2-6-16-35/h1-31H. The lowest BCUT2D eigenvalue weighted by Gasteiger charge is -2.12. The molecule has 0 aliphatic heterocycles. The number of rotatable bonds is 5. The van der Waals surface area contributed by atoms with Crippen LogP contribution in [0.1, 0.15) is 0 Å². The van der Waals surface area contributed by atoms with E-state index < -0.39 is 5.82 Å². The largest absolute Gasteiger partial charge is 0.452 e. The van der Waals surface area contributed by atoms with Crippen molar-refractivity contribution >= 4 is 65.6 Å². The van der Waals surface area contributed by atoms with Crippen LogP contribution in [0.4, 0.5) is 4.39 Å². The highest BCUT2D eigenvalue weighted by atomic mass is 19.1. The Kier molecular flexibility index (Phi) is 7.04. The van der Waals surface area contributed by atoms with Gasteiger partial charge in [-0.15, -0.1) is 0 Å². The summed E-state index contributed by atoms with van der Waals surface area (Å²) in [5.74, 6) is 0.135. The molecule has 272 valence electrons. The Morgan fingerprint density at radius 1 is 0.379 bits per heavy atom. The zero-order valence-electron chi connectivity index (χ0n) is 31.0. The smallest absolute Gasteiger partial charge is 0.235 e. The third-order valence-electron chi connectivity index (χ3n) is 11.4. The van der Waals surface area contributed by atoms with Crippen molar-refractivity contribution in [2.75, 3.05) is 0 Å². The van der Waals surface area contributed by atoms with Gasteiger partial charge in [-0.1, -0.05) is 127 Å². The summed E-state index contributed by atoms with van der Waals surface area (Å²) in [5, 5.41) is 6.17. The summed E-state index contributed by atoms with van der Waals surface area (Å²) < 4.78 is 25.8. The number of para-hydroxylation sites is 5. The Morgan fingerprint density at radius 2 is 0.966 bits per heavy atom. The van der Waals surface area contributed by atoms with Crippen LogP contribution in [0.25, 0.3) is 111 Å². The predicted molar refractivity (Wildman–Crippen MR) is 234 cm³/mol. The lowest BCUT2D eigenvalue weighted by atomic mass is 10.0. The number of halogens is 1. The van der Waals surface area contributed by atoms with Crippen LogP contribution in [0.5, 0.6) is 0 Å². The van der Waals surface area contributed by atoms with Crippen LogP contribution in [-0.2, 0) is 0 Å². The van der Waals surface area contributed by atoms with E-state index in [-0.39, 0.29) is 5.58 Å². The van der Waals surface area contributed by atoms with Gasteiger partial charge < -0.3 is 8.98 Å². The summed E-state index contributed by atoms with van der Waals surface area (Å²) >= 11 is 0. The van der Waals surface area contributed by atoms with E-state index in [1.165, 1.54) is 22.4 Å². The monoisotopic (exact) mass is 746 g/mol. The highest BCUT2D eigenvalue weighted by Crippen LogP contribution is 2.40. The van der Waals surface area contributed by atoms with Crippen molar-refractivity contribution in [2.24, 2.45) is 0 Å². The molecule has 12 rings (SSSR count). The lowest BCUT2D eigenvalue weighted by molar-refractivity contribution is 0.584. The van der Waals surface area contributed by atoms with E-state index in [1.807, 2.05) is 48.5 Å². The van der Waals surface area contributed by atoms with Crippen molar-refractivity contribution in [1.29, 1.82) is 0 Å². The molecule has 0 aliphatic rings. The fourth-order valence-corrected chi connectivity index (χ4v) is 8.79. The second-order valence-corrected chi connectivity index (χ2v) is 14.7. The van der Waals surface area contributed by atoms with E-state index in [9.17, 15) is 0 Å². The summed E-state index contributed by atoms with van der Waals surface area (Å²) in [6.07, 6.45) is 0. The molecule has 0 radical (unpaired) electrons. The number of furan rings is 1. The van der Waals surface area contributed by atoms with Crippen molar-refractivity contribution in [3.05, 3.63) is 194 Å². The van der Waals surface area contributed by atoms with Crippen LogP contribution in [0.2, 0.25) is 0 Å². The van der Waals surface area contributed by atoms with E-state index in [0.717, 1.165) is 71.7 Å². The second kappa shape index (κ2) is 12.6. The van der Waals surface area contributed by atoms with Crippen LogP contribution in [0.3, 0.4) is 0 Å². The minimum absolute atomic E-state index is 0.236. The van der Waals surface area contributed by atoms with Gasteiger partial charge in [-0.2, -0.15) is 0 Å². The van der Waals surface area contributed by atoms with E-state index in [2.05, 4.69) is 137 Å². The number of nitrogens with zero attached hydrogens (tertiary/aromatic N) is 4. The van der Waals surface area contributed by atoms with Crippen molar-refractivity contribution in [1.82, 2.24) is 19.1 Å². The molecule has 0 atom stereocenters. The minimum atomic E-state index is -0.393. The summed E-state index contributed by atoms with van der Waals surface area (Å²) in [5.41, 5.74) is 11.6. The molecule has 0 bridgehead atoms. The predicted octanol–water partition coefficient (Wildman–Crippen LogP) is 13.7. The molecule has 0 N–H and O–H groups in total. The van der Waals surface area contributed by atoms with Crippen molar-refractivity contribution in [3.63, 3.8) is 0 Å². The van der Waals surface area contributed by atoms with Gasteiger partial charge in [0.05, 0.1) is 33.5 Å². The molecule has 0 spiro atoms. The maximum Gasteiger partial charge on any atom is 0.235 e. The molecule has 12 aromatic rings. The molecule has 0 saturated carbocycles. The number of aromatic nitrogens is 4. The molecular weight excluding hydrogens is 716 g/mol. The third-order valence-corrected chi connectivity index (χ3v) is 11.4. The molecule has 8 aromatic carbocycles. The van der Waals surface area contributed by atoms with Crippen LogP contribution >= 0.6 is 0 Å². The first-order valence-corrected chi connectivity index (χ1v) is 19.4. The van der Waals surface area contributed by atoms with Gasteiger partial charge >= 0.3 is 0 Å². The Balaban J connectivity index is 1.09. The van der Waals surface area contributed by atoms with Crippen molar-refractivity contribution in [3.8, 4) is 45.3 Å². The molecule has 4 heterocycles. The molecule has 4 aromatic heterocycles. The highest BCUT2D eigenvalue weighted by Gasteiger charge is 2.21. The molecule has 0 amide bonds. The van der Waals surface area contributed by atoms with E-state index in [1.54, 1.807) is 6.07 Å². The maximum atomic E-state index is 15.0. The maximum absolute atomic E-state index is 15.0. The highest BCUT2D eigenvalue weighted by molar-refractivity contribution is 6.13. The summed E-state index contributed by atoms with van der Waals surface area (Å²) in [7, 11) is 0. The Morgan fingerprint density at radius 3 is 1.78 bits per heavy atom. The van der Waals surface area contributed by atoms with Crippen LogP contribution in [0, 0.1) is 5.82 Å². The SMILES string of the molecule is Fc1cccc2c1oc1c(-c3cc(-c4ccccc4)nc(-n4c5ccccc5c5ccc(-c6ccc7c(c6)c6ccccc6n7-c6ccccc6)cc54)n3)cccc12. The van der Waals surface area contributed by atoms with Crippen LogP contribution in [0.15, 0.2) is 192 Å². The number of benzene rings is 8. The van der Waals surface area contributed by atoms with Gasteiger partial charge in [0.15, 0.2) is 11.4 Å². The second-order valence-electron chi connectivity index (χ2n) is 14.7. The molecule has 5 nitrogen and oxygen atoms in total. The van der Waals surface area contributed by atoms with Crippen molar-refractivity contribution in [2.45, 2.75) is 0 Å². The van der Waals surface area contributed by atoms with Crippen LogP contribution in [-0.4, -0.2) is 19.1 Å². The van der Waals surface area contributed by atoms with Gasteiger partial charge in [0, 0.05) is 49.1 Å². The molecule has 6 heteroatoms. The third kappa shape index (κ3) is 4.88. The zero-order chi connectivity index (χ0) is 38.3. The quantitative estimate of drug-likeness (QED) is 0.176. The average Bonchev–Trinajstić information content (AvgIpc) is 3.95. The van der Waals surface area contributed by atoms with E-state index in [0.29, 0.717) is 17.2 Å². The van der Waals surface area contributed by atoms with Crippen LogP contribution < -0.4 is 0 Å². The first-order valence-electron chi connectivity index (χ1n) is 19.4. The number of hydrogen-bond donors (Lipinski definition) is 0. The summed E-state index contributed by atoms with van der Waals surface area (Å²) in [6, 6.07) is 64.1. The van der Waals surface area contributed by atoms with Gasteiger partial charge in [-0.25, -0.2) is 14.4 Å². The van der Waals surface area contributed by atoms with Gasteiger partial charge in [-0.3, -0.25) is 4.57 Å². The molecule has 0 fully saturated rings. The first kappa shape index (κ1) is 32.4. The minimum Gasteiger partial charge on any atom is -0.452 e. The normalized spacial score (nSPS) is 11.9. The molecule has 0 saturated heterocycles. The Hall–Kier alpha value is -7.83. The first-order chi connectivity index (χ1) is 28.7. The summed E-state index contributed by atoms with van der Waals surface area (Å²) in [6.45, 7) is 0. The Labute approximate surface area is 331 Å². The van der Waals surface area contributed by atoms with E-state index >= 15 is 4.39 Å². The number of fused-ring (bicyclic) bond motifs is 9. The molecule has 0 aliphatic carbocycles. The topological polar surface area (TPSA) is 48.8 Å². The number of hydrogen-bond acceptors (Lipinski definition) is 3.